The number of rotatable bonds is 10. The minimum Gasteiger partial charge on any atom is -0.364 e. The van der Waals surface area contributed by atoms with Crippen molar-refractivity contribution in [3.8, 4) is 0 Å². The first-order chi connectivity index (χ1) is 13.4. The zero-order valence-corrected chi connectivity index (χ0v) is 17.4. The number of allylic oxidation sites excluding steroid dienone is 3. The molecule has 156 valence electrons. The number of aliphatic hydroxyl groups is 1. The van der Waals surface area contributed by atoms with Crippen LogP contribution in [0.3, 0.4) is 0 Å². The number of unbranched alkanes of at least 4 members (excludes halogenated alkanes) is 1. The van der Waals surface area contributed by atoms with Crippen LogP contribution in [0, 0.1) is 0 Å². The summed E-state index contributed by atoms with van der Waals surface area (Å²) in [5, 5.41) is 16.8. The first-order valence-electron chi connectivity index (χ1n) is 9.89. The molecule has 0 aliphatic carbocycles. The van der Waals surface area contributed by atoms with Crippen LogP contribution in [0.5, 0.6) is 0 Å². The van der Waals surface area contributed by atoms with Crippen LogP contribution in [0.1, 0.15) is 51.9 Å². The fourth-order valence-corrected chi connectivity index (χ4v) is 4.52. The van der Waals surface area contributed by atoms with Crippen molar-refractivity contribution in [3.63, 3.8) is 0 Å². The van der Waals surface area contributed by atoms with Gasteiger partial charge in [0.05, 0.1) is 12.1 Å². The fraction of sp³-hybridized carbons (Fsp3) is 0.619. The Balaban J connectivity index is 2.04. The number of carbonyl (C=O) groups excluding carboxylic acids is 2. The molecule has 0 aromatic rings. The molecular weight excluding hydrogens is 376 g/mol. The van der Waals surface area contributed by atoms with Gasteiger partial charge in [0.15, 0.2) is 5.79 Å². The van der Waals surface area contributed by atoms with Crippen LogP contribution in [0.25, 0.3) is 0 Å². The molecule has 2 fully saturated rings. The minimum atomic E-state index is -1.48. The highest BCUT2D eigenvalue weighted by Crippen LogP contribution is 2.35. The van der Waals surface area contributed by atoms with Gasteiger partial charge in [-0.25, -0.2) is 0 Å². The summed E-state index contributed by atoms with van der Waals surface area (Å²) < 4.78 is 6.01. The average molecular weight is 409 g/mol. The largest absolute Gasteiger partial charge is 0.364 e. The maximum Gasteiger partial charge on any atom is 0.279 e. The lowest BCUT2D eigenvalue weighted by Crippen LogP contribution is -2.60. The van der Waals surface area contributed by atoms with Crippen molar-refractivity contribution < 1.29 is 19.4 Å². The van der Waals surface area contributed by atoms with E-state index in [4.69, 9.17) is 4.74 Å². The summed E-state index contributed by atoms with van der Waals surface area (Å²) in [5.74, 6) is -1.18. The van der Waals surface area contributed by atoms with E-state index in [0.29, 0.717) is 12.2 Å². The number of carbonyl (C=O) groups is 2. The van der Waals surface area contributed by atoms with E-state index in [2.05, 4.69) is 23.8 Å². The molecule has 0 radical (unpaired) electrons. The molecule has 0 unspecified atom stereocenters. The highest BCUT2D eigenvalue weighted by molar-refractivity contribution is 8.14. The van der Waals surface area contributed by atoms with Gasteiger partial charge < -0.3 is 20.5 Å². The van der Waals surface area contributed by atoms with Crippen molar-refractivity contribution in [1.29, 1.82) is 0 Å². The van der Waals surface area contributed by atoms with Gasteiger partial charge in [-0.2, -0.15) is 0 Å². The third kappa shape index (κ3) is 6.79. The van der Waals surface area contributed by atoms with Crippen LogP contribution in [-0.4, -0.2) is 46.0 Å². The summed E-state index contributed by atoms with van der Waals surface area (Å²) >= 11 is 1.14. The first-order valence-corrected chi connectivity index (χ1v) is 10.9. The van der Waals surface area contributed by atoms with E-state index in [1.165, 1.54) is 0 Å². The molecule has 0 spiro atoms. The van der Waals surface area contributed by atoms with Crippen molar-refractivity contribution in [3.05, 3.63) is 37.0 Å². The van der Waals surface area contributed by atoms with Crippen molar-refractivity contribution >= 4 is 22.9 Å². The Bertz CT molecular complexity index is 622. The van der Waals surface area contributed by atoms with Gasteiger partial charge in [-0.15, -0.1) is 13.2 Å². The zero-order valence-electron chi connectivity index (χ0n) is 16.6. The van der Waals surface area contributed by atoms with Crippen LogP contribution < -0.4 is 10.6 Å². The fourth-order valence-electron chi connectivity index (χ4n) is 3.64. The molecule has 0 saturated carbocycles. The van der Waals surface area contributed by atoms with Gasteiger partial charge in [0.2, 0.25) is 5.91 Å². The molecule has 2 amide bonds. The molecule has 6 nitrogen and oxygen atoms in total. The van der Waals surface area contributed by atoms with E-state index in [1.54, 1.807) is 6.08 Å². The van der Waals surface area contributed by atoms with Crippen LogP contribution in [0.15, 0.2) is 37.0 Å². The van der Waals surface area contributed by atoms with Gasteiger partial charge in [0.25, 0.3) is 5.24 Å². The third-order valence-electron chi connectivity index (χ3n) is 5.08. The Kier molecular flexibility index (Phi) is 8.79. The SMILES string of the molecule is C=CCCC[C@@H]1C[C@@H](NC(=O)/C=C(/C)CCC=C)C[C@](O)([C@@H]2CSC(=O)N2)O1. The predicted octanol–water partition coefficient (Wildman–Crippen LogP) is 3.43. The molecule has 2 heterocycles. The minimum absolute atomic E-state index is 0.155. The Morgan fingerprint density at radius 1 is 1.43 bits per heavy atom. The van der Waals surface area contributed by atoms with E-state index in [1.807, 2.05) is 19.1 Å². The van der Waals surface area contributed by atoms with Crippen LogP contribution in [0.2, 0.25) is 0 Å². The summed E-state index contributed by atoms with van der Waals surface area (Å²) in [5.41, 5.74) is 0.988. The summed E-state index contributed by atoms with van der Waals surface area (Å²) in [6, 6.07) is -0.692. The predicted molar refractivity (Wildman–Crippen MR) is 113 cm³/mol. The summed E-state index contributed by atoms with van der Waals surface area (Å²) in [6.45, 7) is 9.36. The Morgan fingerprint density at radius 2 is 2.18 bits per heavy atom. The van der Waals surface area contributed by atoms with Gasteiger partial charge >= 0.3 is 0 Å². The quantitative estimate of drug-likeness (QED) is 0.293. The van der Waals surface area contributed by atoms with E-state index in [9.17, 15) is 14.7 Å². The number of nitrogens with one attached hydrogen (secondary N) is 2. The lowest BCUT2D eigenvalue weighted by atomic mass is 9.90. The molecule has 2 rings (SSSR count). The van der Waals surface area contributed by atoms with E-state index < -0.39 is 11.8 Å². The highest BCUT2D eigenvalue weighted by Gasteiger charge is 2.48. The third-order valence-corrected chi connectivity index (χ3v) is 5.96. The van der Waals surface area contributed by atoms with Crippen molar-refractivity contribution in [1.82, 2.24) is 10.6 Å². The second-order valence-electron chi connectivity index (χ2n) is 7.56. The van der Waals surface area contributed by atoms with Gasteiger partial charge in [0, 0.05) is 24.3 Å². The number of thioether (sulfide) groups is 1. The molecule has 0 aromatic carbocycles. The molecule has 2 aliphatic rings. The second kappa shape index (κ2) is 10.8. The number of hydrogen-bond donors (Lipinski definition) is 3. The number of ether oxygens (including phenoxy) is 1. The lowest BCUT2D eigenvalue weighted by molar-refractivity contribution is -0.269. The van der Waals surface area contributed by atoms with Gasteiger partial charge in [-0.1, -0.05) is 29.5 Å². The molecule has 4 atom stereocenters. The molecule has 2 aliphatic heterocycles. The zero-order chi connectivity index (χ0) is 20.6. The van der Waals surface area contributed by atoms with Gasteiger partial charge in [0.1, 0.15) is 0 Å². The Labute approximate surface area is 171 Å². The molecule has 3 N–H and O–H groups in total. The molecule has 2 saturated heterocycles. The summed E-state index contributed by atoms with van der Waals surface area (Å²) in [7, 11) is 0. The first kappa shape index (κ1) is 22.7. The smallest absolute Gasteiger partial charge is 0.279 e. The number of amides is 2. The molecule has 28 heavy (non-hydrogen) atoms. The van der Waals surface area contributed by atoms with Gasteiger partial charge in [-0.05, 0) is 45.4 Å². The van der Waals surface area contributed by atoms with E-state index >= 15 is 0 Å². The number of hydrogen-bond acceptors (Lipinski definition) is 5. The molecule has 0 bridgehead atoms. The van der Waals surface area contributed by atoms with Crippen LogP contribution in [0.4, 0.5) is 4.79 Å². The van der Waals surface area contributed by atoms with E-state index in [-0.39, 0.29) is 29.7 Å². The second-order valence-corrected chi connectivity index (χ2v) is 8.56. The van der Waals surface area contributed by atoms with Gasteiger partial charge in [-0.3, -0.25) is 9.59 Å². The lowest BCUT2D eigenvalue weighted by Gasteiger charge is -2.44. The summed E-state index contributed by atoms with van der Waals surface area (Å²) in [4.78, 5) is 24.0. The maximum atomic E-state index is 12.4. The molecule has 7 heteroatoms. The van der Waals surface area contributed by atoms with Crippen molar-refractivity contribution in [2.45, 2.75) is 75.8 Å². The Hall–Kier alpha value is -1.57. The van der Waals surface area contributed by atoms with Crippen LogP contribution >= 0.6 is 11.8 Å². The molecular formula is C21H32N2O4S. The normalized spacial score (nSPS) is 30.6. The summed E-state index contributed by atoms with van der Waals surface area (Å²) in [6.07, 6.45) is 10.2. The van der Waals surface area contributed by atoms with Crippen LogP contribution in [-0.2, 0) is 9.53 Å². The highest BCUT2D eigenvalue weighted by atomic mass is 32.2. The van der Waals surface area contributed by atoms with Crippen molar-refractivity contribution in [2.75, 3.05) is 5.75 Å². The monoisotopic (exact) mass is 408 g/mol. The molecule has 0 aromatic heterocycles. The standard InChI is InChI=1S/C21H32N2O4S/c1-4-6-8-10-17-12-16(22-19(24)11-15(3)9-7-5-2)13-21(26,27-17)18-14-28-20(25)23-18/h4-5,11,16-18,26H,1-2,6-10,12-14H2,3H3,(H,22,24)(H,23,25)/b15-11-/t16-,17-,18+,21-/m1/s1. The average Bonchev–Trinajstić information content (AvgIpc) is 3.07. The van der Waals surface area contributed by atoms with E-state index in [0.717, 1.165) is 49.4 Å². The maximum absolute atomic E-state index is 12.4. The Morgan fingerprint density at radius 3 is 2.82 bits per heavy atom. The van der Waals surface area contributed by atoms with Crippen molar-refractivity contribution in [2.24, 2.45) is 0 Å². The topological polar surface area (TPSA) is 87.7 Å².